The van der Waals surface area contributed by atoms with Crippen molar-refractivity contribution in [2.45, 2.75) is 32.9 Å². The molecule has 20 heavy (non-hydrogen) atoms. The second kappa shape index (κ2) is 7.85. The van der Waals surface area contributed by atoms with Gasteiger partial charge in [0.2, 0.25) is 0 Å². The Morgan fingerprint density at radius 1 is 1.35 bits per heavy atom. The molecule has 0 aliphatic carbocycles. The minimum Gasteiger partial charge on any atom is -0.465 e. The molecule has 1 N–H and O–H groups in total. The van der Waals surface area contributed by atoms with E-state index in [-0.39, 0.29) is 17.8 Å². The summed E-state index contributed by atoms with van der Waals surface area (Å²) in [6.07, 6.45) is 0. The third-order valence-corrected chi connectivity index (χ3v) is 2.83. The van der Waals surface area contributed by atoms with Gasteiger partial charge in [-0.25, -0.2) is 4.39 Å². The molecule has 0 saturated heterocycles. The van der Waals surface area contributed by atoms with Crippen molar-refractivity contribution < 1.29 is 13.9 Å². The van der Waals surface area contributed by atoms with Crippen LogP contribution >= 0.6 is 0 Å². The molecule has 5 heteroatoms. The van der Waals surface area contributed by atoms with E-state index in [1.54, 1.807) is 19.1 Å². The van der Waals surface area contributed by atoms with Gasteiger partial charge >= 0.3 is 5.97 Å². The highest BCUT2D eigenvalue weighted by Crippen LogP contribution is 2.13. The zero-order valence-corrected chi connectivity index (χ0v) is 12.5. The molecule has 1 atom stereocenters. The van der Waals surface area contributed by atoms with Crippen LogP contribution in [0.15, 0.2) is 24.3 Å². The van der Waals surface area contributed by atoms with Gasteiger partial charge < -0.3 is 15.0 Å². The molecule has 1 rings (SSSR count). The normalized spacial score (nSPS) is 12.3. The maximum absolute atomic E-state index is 12.9. The number of ether oxygens (including phenoxy) is 1. The van der Waals surface area contributed by atoms with Crippen molar-refractivity contribution in [2.75, 3.05) is 25.1 Å². The van der Waals surface area contributed by atoms with E-state index in [1.165, 1.54) is 12.1 Å². The second-order valence-electron chi connectivity index (χ2n) is 4.98. The number of likely N-dealkylation sites (N-methyl/N-ethyl adjacent to an activating group) is 1. The van der Waals surface area contributed by atoms with Crippen molar-refractivity contribution in [3.05, 3.63) is 30.1 Å². The summed E-state index contributed by atoms with van der Waals surface area (Å²) in [5, 5.41) is 3.19. The summed E-state index contributed by atoms with van der Waals surface area (Å²) in [5.74, 6) is -0.542. The molecule has 0 heterocycles. The van der Waals surface area contributed by atoms with Crippen LogP contribution in [0.3, 0.4) is 0 Å². The molecule has 0 aromatic heterocycles. The topological polar surface area (TPSA) is 41.6 Å². The van der Waals surface area contributed by atoms with Crippen molar-refractivity contribution in [1.82, 2.24) is 5.32 Å². The van der Waals surface area contributed by atoms with Gasteiger partial charge in [0.05, 0.1) is 6.61 Å². The molecule has 4 nitrogen and oxygen atoms in total. The van der Waals surface area contributed by atoms with Crippen molar-refractivity contribution in [2.24, 2.45) is 0 Å². The molecule has 0 amide bonds. The quantitative estimate of drug-likeness (QED) is 0.778. The first kappa shape index (κ1) is 16.4. The summed E-state index contributed by atoms with van der Waals surface area (Å²) in [7, 11) is 1.86. The van der Waals surface area contributed by atoms with Crippen LogP contribution in [0.1, 0.15) is 20.8 Å². The standard InChI is InChI=1S/C15H23FN2O2/c1-5-20-15(19)14(17-11(2)3)10-18(4)13-8-6-12(16)7-9-13/h6-9,11,14,17H,5,10H2,1-4H3. The van der Waals surface area contributed by atoms with Crippen LogP contribution in [0.2, 0.25) is 0 Å². The van der Waals surface area contributed by atoms with Gasteiger partial charge in [-0.15, -0.1) is 0 Å². The predicted molar refractivity (Wildman–Crippen MR) is 78.4 cm³/mol. The Bertz CT molecular complexity index is 420. The molecule has 0 aliphatic heterocycles. The Balaban J connectivity index is 2.72. The van der Waals surface area contributed by atoms with Crippen LogP contribution in [0, 0.1) is 5.82 Å². The number of anilines is 1. The molecule has 0 radical (unpaired) electrons. The number of esters is 1. The van der Waals surface area contributed by atoms with E-state index >= 15 is 0 Å². The van der Waals surface area contributed by atoms with E-state index in [9.17, 15) is 9.18 Å². The lowest BCUT2D eigenvalue weighted by molar-refractivity contribution is -0.145. The number of halogens is 1. The van der Waals surface area contributed by atoms with Crippen molar-refractivity contribution in [1.29, 1.82) is 0 Å². The summed E-state index contributed by atoms with van der Waals surface area (Å²) in [6, 6.07) is 5.94. The van der Waals surface area contributed by atoms with Crippen LogP contribution in [-0.2, 0) is 9.53 Å². The fourth-order valence-corrected chi connectivity index (χ4v) is 1.92. The molecule has 0 fully saturated rings. The zero-order chi connectivity index (χ0) is 15.1. The Hall–Kier alpha value is -1.62. The fourth-order valence-electron chi connectivity index (χ4n) is 1.92. The zero-order valence-electron chi connectivity index (χ0n) is 12.5. The van der Waals surface area contributed by atoms with E-state index < -0.39 is 6.04 Å². The number of carbonyl (C=O) groups is 1. The Kier molecular flexibility index (Phi) is 6.45. The molecule has 1 aromatic carbocycles. The maximum atomic E-state index is 12.9. The van der Waals surface area contributed by atoms with Crippen molar-refractivity contribution >= 4 is 11.7 Å². The summed E-state index contributed by atoms with van der Waals surface area (Å²) in [4.78, 5) is 13.8. The number of hydrogen-bond acceptors (Lipinski definition) is 4. The second-order valence-corrected chi connectivity index (χ2v) is 4.98. The number of nitrogens with one attached hydrogen (secondary N) is 1. The smallest absolute Gasteiger partial charge is 0.324 e. The van der Waals surface area contributed by atoms with E-state index in [0.29, 0.717) is 13.2 Å². The Morgan fingerprint density at radius 2 is 1.95 bits per heavy atom. The monoisotopic (exact) mass is 282 g/mol. The van der Waals surface area contributed by atoms with E-state index in [1.807, 2.05) is 25.8 Å². The number of rotatable bonds is 7. The fraction of sp³-hybridized carbons (Fsp3) is 0.533. The lowest BCUT2D eigenvalue weighted by Gasteiger charge is -2.26. The van der Waals surface area contributed by atoms with Gasteiger partial charge in [0, 0.05) is 25.3 Å². The molecule has 0 bridgehead atoms. The molecule has 112 valence electrons. The van der Waals surface area contributed by atoms with Gasteiger partial charge in [0.25, 0.3) is 0 Å². The minimum absolute atomic E-state index is 0.172. The van der Waals surface area contributed by atoms with Gasteiger partial charge in [-0.2, -0.15) is 0 Å². The third kappa shape index (κ3) is 5.17. The highest BCUT2D eigenvalue weighted by molar-refractivity contribution is 5.76. The van der Waals surface area contributed by atoms with Gasteiger partial charge in [-0.1, -0.05) is 13.8 Å². The average molecular weight is 282 g/mol. The number of nitrogens with zero attached hydrogens (tertiary/aromatic N) is 1. The van der Waals surface area contributed by atoms with Gasteiger partial charge in [-0.3, -0.25) is 4.79 Å². The minimum atomic E-state index is -0.412. The van der Waals surface area contributed by atoms with Gasteiger partial charge in [-0.05, 0) is 31.2 Å². The maximum Gasteiger partial charge on any atom is 0.324 e. The van der Waals surface area contributed by atoms with E-state index in [0.717, 1.165) is 5.69 Å². The number of benzene rings is 1. The first-order valence-corrected chi connectivity index (χ1v) is 6.83. The molecular weight excluding hydrogens is 259 g/mol. The van der Waals surface area contributed by atoms with Crippen LogP contribution < -0.4 is 10.2 Å². The summed E-state index contributed by atoms with van der Waals surface area (Å²) in [6.45, 7) is 6.56. The van der Waals surface area contributed by atoms with Gasteiger partial charge in [0.1, 0.15) is 11.9 Å². The summed E-state index contributed by atoms with van der Waals surface area (Å²) in [5.41, 5.74) is 0.853. The van der Waals surface area contributed by atoms with Crippen molar-refractivity contribution in [3.63, 3.8) is 0 Å². The lowest BCUT2D eigenvalue weighted by atomic mass is 10.2. The van der Waals surface area contributed by atoms with E-state index in [4.69, 9.17) is 4.74 Å². The third-order valence-electron chi connectivity index (χ3n) is 2.83. The highest BCUT2D eigenvalue weighted by Gasteiger charge is 2.22. The highest BCUT2D eigenvalue weighted by atomic mass is 19.1. The lowest BCUT2D eigenvalue weighted by Crippen LogP contribution is -2.48. The van der Waals surface area contributed by atoms with Crippen LogP contribution in [0.5, 0.6) is 0 Å². The first-order chi connectivity index (χ1) is 9.43. The molecule has 1 aromatic rings. The molecule has 0 saturated carbocycles. The Labute approximate surface area is 119 Å². The van der Waals surface area contributed by atoms with Crippen molar-refractivity contribution in [3.8, 4) is 0 Å². The molecule has 0 aliphatic rings. The first-order valence-electron chi connectivity index (χ1n) is 6.83. The predicted octanol–water partition coefficient (Wildman–Crippen LogP) is 2.19. The SMILES string of the molecule is CCOC(=O)C(CN(C)c1ccc(F)cc1)NC(C)C. The summed E-state index contributed by atoms with van der Waals surface area (Å²) >= 11 is 0. The molecule has 1 unspecified atom stereocenters. The van der Waals surface area contributed by atoms with E-state index in [2.05, 4.69) is 5.32 Å². The summed E-state index contributed by atoms with van der Waals surface area (Å²) < 4.78 is 18.0. The average Bonchev–Trinajstić information content (AvgIpc) is 2.38. The molecular formula is C15H23FN2O2. The molecule has 0 spiro atoms. The van der Waals surface area contributed by atoms with Crippen LogP contribution in [0.4, 0.5) is 10.1 Å². The Morgan fingerprint density at radius 3 is 2.45 bits per heavy atom. The number of hydrogen-bond donors (Lipinski definition) is 1. The largest absolute Gasteiger partial charge is 0.465 e. The van der Waals surface area contributed by atoms with Crippen LogP contribution in [0.25, 0.3) is 0 Å². The number of carbonyl (C=O) groups excluding carboxylic acids is 1. The van der Waals surface area contributed by atoms with Crippen LogP contribution in [-0.4, -0.2) is 38.3 Å². The van der Waals surface area contributed by atoms with Gasteiger partial charge in [0.15, 0.2) is 0 Å².